The first kappa shape index (κ1) is 15.4. The monoisotopic (exact) mass is 316 g/mol. The predicted molar refractivity (Wildman–Crippen MR) is 74.9 cm³/mol. The molecule has 0 aliphatic carbocycles. The van der Waals surface area contributed by atoms with Crippen molar-refractivity contribution >= 4 is 23.2 Å². The lowest BCUT2D eigenvalue weighted by Crippen LogP contribution is -2.15. The molecule has 1 aromatic heterocycles. The SMILES string of the molecule is CC(Nc1cc(N)nc(C(F)(F)F)n1)c1ccc(Cl)cc1. The largest absolute Gasteiger partial charge is 0.451 e. The first-order valence-corrected chi connectivity index (χ1v) is 6.37. The van der Waals surface area contributed by atoms with Crippen LogP contribution >= 0.6 is 11.6 Å². The number of hydrogen-bond acceptors (Lipinski definition) is 4. The molecule has 0 saturated carbocycles. The highest BCUT2D eigenvalue weighted by Crippen LogP contribution is 2.28. The van der Waals surface area contributed by atoms with E-state index in [2.05, 4.69) is 15.3 Å². The van der Waals surface area contributed by atoms with Gasteiger partial charge < -0.3 is 11.1 Å². The van der Waals surface area contributed by atoms with E-state index >= 15 is 0 Å². The molecule has 4 nitrogen and oxygen atoms in total. The maximum atomic E-state index is 12.6. The topological polar surface area (TPSA) is 63.8 Å². The van der Waals surface area contributed by atoms with E-state index in [1.165, 1.54) is 6.07 Å². The summed E-state index contributed by atoms with van der Waals surface area (Å²) >= 11 is 5.79. The van der Waals surface area contributed by atoms with Crippen LogP contribution in [0.3, 0.4) is 0 Å². The molecule has 2 aromatic rings. The fourth-order valence-electron chi connectivity index (χ4n) is 1.72. The van der Waals surface area contributed by atoms with Crippen LogP contribution in [0.25, 0.3) is 0 Å². The average molecular weight is 317 g/mol. The van der Waals surface area contributed by atoms with Gasteiger partial charge in [-0.3, -0.25) is 0 Å². The first-order valence-electron chi connectivity index (χ1n) is 5.99. The van der Waals surface area contributed by atoms with Gasteiger partial charge in [0.15, 0.2) is 0 Å². The second-order valence-corrected chi connectivity index (χ2v) is 4.85. The number of alkyl halides is 3. The Labute approximate surface area is 124 Å². The van der Waals surface area contributed by atoms with Gasteiger partial charge in [0.05, 0.1) is 0 Å². The quantitative estimate of drug-likeness (QED) is 0.901. The molecule has 0 aliphatic heterocycles. The summed E-state index contributed by atoms with van der Waals surface area (Å²) in [7, 11) is 0. The number of halogens is 4. The summed E-state index contributed by atoms with van der Waals surface area (Å²) in [5.41, 5.74) is 6.23. The van der Waals surface area contributed by atoms with E-state index in [1.54, 1.807) is 31.2 Å². The summed E-state index contributed by atoms with van der Waals surface area (Å²) < 4.78 is 37.9. The second kappa shape index (κ2) is 5.77. The molecule has 8 heteroatoms. The zero-order valence-corrected chi connectivity index (χ0v) is 11.7. The summed E-state index contributed by atoms with van der Waals surface area (Å²) in [5, 5.41) is 3.44. The van der Waals surface area contributed by atoms with Gasteiger partial charge >= 0.3 is 6.18 Å². The number of anilines is 2. The van der Waals surface area contributed by atoms with Crippen molar-refractivity contribution < 1.29 is 13.2 Å². The standard InChI is InChI=1S/C13H12ClF3N4/c1-7(8-2-4-9(14)5-3-8)19-11-6-10(18)20-12(21-11)13(15,16)17/h2-7H,1H3,(H3,18,19,20,21). The molecular weight excluding hydrogens is 305 g/mol. The zero-order chi connectivity index (χ0) is 15.6. The van der Waals surface area contributed by atoms with Crippen LogP contribution in [0, 0.1) is 0 Å². The third-order valence-electron chi connectivity index (χ3n) is 2.73. The highest BCUT2D eigenvalue weighted by molar-refractivity contribution is 6.30. The molecule has 0 fully saturated rings. The number of rotatable bonds is 3. The average Bonchev–Trinajstić information content (AvgIpc) is 2.37. The van der Waals surface area contributed by atoms with Crippen LogP contribution in [-0.2, 0) is 6.18 Å². The van der Waals surface area contributed by atoms with Gasteiger partial charge in [0.25, 0.3) is 0 Å². The van der Waals surface area contributed by atoms with Crippen LogP contribution in [0.2, 0.25) is 5.02 Å². The van der Waals surface area contributed by atoms with Gasteiger partial charge in [-0.2, -0.15) is 13.2 Å². The number of nitrogens with zero attached hydrogens (tertiary/aromatic N) is 2. The molecule has 0 amide bonds. The van der Waals surface area contributed by atoms with E-state index in [0.717, 1.165) is 5.56 Å². The van der Waals surface area contributed by atoms with Crippen LogP contribution in [0.4, 0.5) is 24.8 Å². The summed E-state index contributed by atoms with van der Waals surface area (Å²) in [6.07, 6.45) is -4.64. The Balaban J connectivity index is 2.23. The highest BCUT2D eigenvalue weighted by atomic mass is 35.5. The number of aromatic nitrogens is 2. The Kier molecular flexibility index (Phi) is 4.22. The van der Waals surface area contributed by atoms with Crippen LogP contribution in [0.5, 0.6) is 0 Å². The Morgan fingerprint density at radius 1 is 1.19 bits per heavy atom. The van der Waals surface area contributed by atoms with Gasteiger partial charge in [0.1, 0.15) is 11.6 Å². The normalized spacial score (nSPS) is 13.0. The fourth-order valence-corrected chi connectivity index (χ4v) is 1.85. The van der Waals surface area contributed by atoms with E-state index in [0.29, 0.717) is 5.02 Å². The molecule has 1 unspecified atom stereocenters. The molecule has 3 N–H and O–H groups in total. The molecule has 2 rings (SSSR count). The molecule has 0 aliphatic rings. The van der Waals surface area contributed by atoms with Crippen LogP contribution in [0.1, 0.15) is 24.4 Å². The molecule has 1 aromatic carbocycles. The van der Waals surface area contributed by atoms with E-state index < -0.39 is 12.0 Å². The lowest BCUT2D eigenvalue weighted by atomic mass is 10.1. The lowest BCUT2D eigenvalue weighted by Gasteiger charge is -2.16. The van der Waals surface area contributed by atoms with Crippen LogP contribution in [0.15, 0.2) is 30.3 Å². The van der Waals surface area contributed by atoms with Crippen molar-refractivity contribution in [1.29, 1.82) is 0 Å². The van der Waals surface area contributed by atoms with Gasteiger partial charge in [-0.05, 0) is 24.6 Å². The van der Waals surface area contributed by atoms with Gasteiger partial charge in [0, 0.05) is 17.1 Å². The summed E-state index contributed by atoms with van der Waals surface area (Å²) in [4.78, 5) is 6.62. The number of hydrogen-bond donors (Lipinski definition) is 2. The minimum absolute atomic E-state index is 0.0114. The Morgan fingerprint density at radius 3 is 2.38 bits per heavy atom. The second-order valence-electron chi connectivity index (χ2n) is 4.42. The van der Waals surface area contributed by atoms with Gasteiger partial charge in [-0.15, -0.1) is 0 Å². The first-order chi connectivity index (χ1) is 9.75. The van der Waals surface area contributed by atoms with E-state index in [-0.39, 0.29) is 17.7 Å². The summed E-state index contributed by atoms with van der Waals surface area (Å²) in [6.45, 7) is 1.79. The van der Waals surface area contributed by atoms with Crippen molar-refractivity contribution in [3.8, 4) is 0 Å². The third-order valence-corrected chi connectivity index (χ3v) is 2.99. The molecule has 0 radical (unpaired) electrons. The Bertz CT molecular complexity index is 628. The smallest absolute Gasteiger partial charge is 0.384 e. The van der Waals surface area contributed by atoms with Crippen LogP contribution < -0.4 is 11.1 Å². The Morgan fingerprint density at radius 2 is 1.81 bits per heavy atom. The van der Waals surface area contributed by atoms with E-state index in [4.69, 9.17) is 17.3 Å². The molecule has 0 spiro atoms. The maximum absolute atomic E-state index is 12.6. The van der Waals surface area contributed by atoms with Crippen molar-refractivity contribution in [2.24, 2.45) is 0 Å². The third kappa shape index (κ3) is 3.98. The molecule has 1 heterocycles. The molecule has 21 heavy (non-hydrogen) atoms. The van der Waals surface area contributed by atoms with Crippen molar-refractivity contribution in [3.05, 3.63) is 46.7 Å². The van der Waals surface area contributed by atoms with Crippen molar-refractivity contribution in [3.63, 3.8) is 0 Å². The summed E-state index contributed by atoms with van der Waals surface area (Å²) in [6, 6.07) is 7.93. The number of nitrogen functional groups attached to an aromatic ring is 1. The molecule has 0 saturated heterocycles. The maximum Gasteiger partial charge on any atom is 0.451 e. The van der Waals surface area contributed by atoms with Crippen LogP contribution in [-0.4, -0.2) is 9.97 Å². The molecular formula is C13H12ClF3N4. The number of nitrogens with two attached hydrogens (primary N) is 1. The molecule has 1 atom stereocenters. The fraction of sp³-hybridized carbons (Fsp3) is 0.231. The van der Waals surface area contributed by atoms with Crippen molar-refractivity contribution in [2.45, 2.75) is 19.1 Å². The van der Waals surface area contributed by atoms with Crippen molar-refractivity contribution in [2.75, 3.05) is 11.1 Å². The van der Waals surface area contributed by atoms with Gasteiger partial charge in [0.2, 0.25) is 5.82 Å². The van der Waals surface area contributed by atoms with E-state index in [9.17, 15) is 13.2 Å². The number of benzene rings is 1. The number of nitrogens with one attached hydrogen (secondary N) is 1. The minimum Gasteiger partial charge on any atom is -0.384 e. The zero-order valence-electron chi connectivity index (χ0n) is 10.9. The summed E-state index contributed by atoms with van der Waals surface area (Å²) in [5.74, 6) is -1.51. The van der Waals surface area contributed by atoms with Gasteiger partial charge in [-0.1, -0.05) is 23.7 Å². The minimum atomic E-state index is -4.64. The predicted octanol–water partition coefficient (Wildman–Crippen LogP) is 3.90. The highest BCUT2D eigenvalue weighted by Gasteiger charge is 2.35. The molecule has 112 valence electrons. The molecule has 0 bridgehead atoms. The van der Waals surface area contributed by atoms with Crippen molar-refractivity contribution in [1.82, 2.24) is 9.97 Å². The van der Waals surface area contributed by atoms with E-state index in [1.807, 2.05) is 0 Å². The Hall–Kier alpha value is -2.02. The van der Waals surface area contributed by atoms with Gasteiger partial charge in [-0.25, -0.2) is 9.97 Å². The lowest BCUT2D eigenvalue weighted by molar-refractivity contribution is -0.144.